The Bertz CT molecular complexity index is 1850. The molecule has 10 heteroatoms. The molecule has 0 spiro atoms. The molecule has 4 atom stereocenters. The van der Waals surface area contributed by atoms with Crippen molar-refractivity contribution in [2.45, 2.75) is 37.1 Å². The molecule has 6 rings (SSSR count). The van der Waals surface area contributed by atoms with Crippen LogP contribution in [-0.4, -0.2) is 47.6 Å². The van der Waals surface area contributed by atoms with Crippen LogP contribution in [0.25, 0.3) is 10.9 Å². The molecule has 3 N–H and O–H groups in total. The second kappa shape index (κ2) is 14.1. The first-order valence-electron chi connectivity index (χ1n) is 15.2. The van der Waals surface area contributed by atoms with Crippen LogP contribution in [0.2, 0.25) is 0 Å². The minimum atomic E-state index is -1.02. The maximum Gasteiger partial charge on any atom is 0.342 e. The highest BCUT2D eigenvalue weighted by Gasteiger charge is 2.46. The van der Waals surface area contributed by atoms with E-state index < -0.39 is 35.6 Å². The molecule has 4 aromatic carbocycles. The van der Waals surface area contributed by atoms with Gasteiger partial charge in [-0.2, -0.15) is 4.57 Å². The van der Waals surface area contributed by atoms with Crippen LogP contribution in [0.4, 0.5) is 5.82 Å². The number of methoxy groups -OCH3 is 2. The second-order valence-electron chi connectivity index (χ2n) is 11.1. The molecule has 1 saturated heterocycles. The topological polar surface area (TPSA) is 131 Å². The van der Waals surface area contributed by atoms with Crippen LogP contribution in [0, 0.1) is 22.0 Å². The molecule has 1 fully saturated rings. The first-order chi connectivity index (χ1) is 22.9. The van der Waals surface area contributed by atoms with Crippen LogP contribution in [-0.2, 0) is 9.47 Å². The Morgan fingerprint density at radius 2 is 1.51 bits per heavy atom. The fourth-order valence-corrected chi connectivity index (χ4v) is 6.13. The molecule has 4 unspecified atom stereocenters. The average molecular weight is 634 g/mol. The Kier molecular flexibility index (Phi) is 9.52. The van der Waals surface area contributed by atoms with Gasteiger partial charge in [0.15, 0.2) is 0 Å². The number of para-hydroxylation sites is 1. The van der Waals surface area contributed by atoms with E-state index >= 15 is 0 Å². The molecule has 5 aromatic rings. The summed E-state index contributed by atoms with van der Waals surface area (Å²) < 4.78 is 25.9. The number of hydrogen-bond acceptors (Lipinski definition) is 8. The van der Waals surface area contributed by atoms with E-state index in [0.717, 1.165) is 16.7 Å². The Morgan fingerprint density at radius 1 is 0.915 bits per heavy atom. The van der Waals surface area contributed by atoms with Gasteiger partial charge in [0.25, 0.3) is 0 Å². The lowest BCUT2D eigenvalue weighted by Crippen LogP contribution is -2.31. The zero-order valence-corrected chi connectivity index (χ0v) is 26.0. The van der Waals surface area contributed by atoms with Crippen LogP contribution in [0.3, 0.4) is 0 Å². The van der Waals surface area contributed by atoms with Gasteiger partial charge in [-0.25, -0.2) is 0 Å². The zero-order valence-electron chi connectivity index (χ0n) is 26.0. The maximum absolute atomic E-state index is 12.5. The molecule has 47 heavy (non-hydrogen) atoms. The van der Waals surface area contributed by atoms with Crippen molar-refractivity contribution in [3.8, 4) is 23.3 Å². The van der Waals surface area contributed by atoms with Crippen molar-refractivity contribution in [3.63, 3.8) is 0 Å². The van der Waals surface area contributed by atoms with Crippen LogP contribution in [0.5, 0.6) is 11.5 Å². The Labute approximate surface area is 272 Å². The summed E-state index contributed by atoms with van der Waals surface area (Å²) in [6.07, 6.45) is -4.01. The molecular formula is C37H35N3O7. The minimum absolute atomic E-state index is 0.0526. The summed E-state index contributed by atoms with van der Waals surface area (Å²) in [7, 11) is 3.22. The summed E-state index contributed by atoms with van der Waals surface area (Å²) in [4.78, 5) is 12.1. The quantitative estimate of drug-likeness (QED) is 0.108. The highest BCUT2D eigenvalue weighted by molar-refractivity contribution is 5.91. The Hall–Kier alpha value is -5.18. The van der Waals surface area contributed by atoms with E-state index in [1.54, 1.807) is 38.5 Å². The summed E-state index contributed by atoms with van der Waals surface area (Å²) in [5, 5.41) is 24.8. The summed E-state index contributed by atoms with van der Waals surface area (Å²) in [5.41, 5.74) is 8.95. The van der Waals surface area contributed by atoms with E-state index in [0.29, 0.717) is 22.4 Å². The first kappa shape index (κ1) is 31.8. The minimum Gasteiger partial charge on any atom is -0.497 e. The van der Waals surface area contributed by atoms with Gasteiger partial charge in [0.1, 0.15) is 40.9 Å². The third kappa shape index (κ3) is 6.43. The highest BCUT2D eigenvalue weighted by atomic mass is 16.6. The van der Waals surface area contributed by atoms with E-state index in [1.165, 1.54) is 4.57 Å². The molecule has 0 bridgehead atoms. The molecule has 240 valence electrons. The third-order valence-corrected chi connectivity index (χ3v) is 8.34. The van der Waals surface area contributed by atoms with Gasteiger partial charge in [-0.15, -0.1) is 0 Å². The molecule has 1 aliphatic heterocycles. The lowest BCUT2D eigenvalue weighted by atomic mass is 9.97. The smallest absolute Gasteiger partial charge is 0.342 e. The molecular weight excluding hydrogens is 598 g/mol. The predicted molar refractivity (Wildman–Crippen MR) is 177 cm³/mol. The Balaban J connectivity index is 1.42. The average Bonchev–Trinajstić information content (AvgIpc) is 3.65. The molecule has 0 saturated carbocycles. The third-order valence-electron chi connectivity index (χ3n) is 8.34. The maximum atomic E-state index is 12.5. The summed E-state index contributed by atoms with van der Waals surface area (Å²) in [5.74, 6) is 6.84. The van der Waals surface area contributed by atoms with E-state index in [4.69, 9.17) is 24.7 Å². The van der Waals surface area contributed by atoms with Gasteiger partial charge in [0.05, 0.1) is 26.9 Å². The van der Waals surface area contributed by atoms with Crippen molar-refractivity contribution in [1.29, 1.82) is 0 Å². The van der Waals surface area contributed by atoms with Gasteiger partial charge >= 0.3 is 5.82 Å². The monoisotopic (exact) mass is 633 g/mol. The second-order valence-corrected chi connectivity index (χ2v) is 11.1. The van der Waals surface area contributed by atoms with Crippen LogP contribution >= 0.6 is 0 Å². The molecule has 0 aliphatic carbocycles. The number of rotatable bonds is 10. The van der Waals surface area contributed by atoms with E-state index in [-0.39, 0.29) is 24.3 Å². The highest BCUT2D eigenvalue weighted by Crippen LogP contribution is 2.45. The standard InChI is InChI=1S/C37H35N3O7/c1-44-27-18-14-25(15-19-27)34(26-16-20-28(45-2)21-17-26)47-35(24-9-4-3-5-10-24)36-32(41)23-33(46-36)39-31-13-7-6-11-29(31)30(12-8-22-38)37(39)40(42)43/h3-7,9-11,13-21,32-36,41H,22-23,38H2,1-2H3. The lowest BCUT2D eigenvalue weighted by Gasteiger charge is -2.31. The van der Waals surface area contributed by atoms with Crippen molar-refractivity contribution >= 4 is 16.7 Å². The fraction of sp³-hybridized carbons (Fsp3) is 0.243. The predicted octanol–water partition coefficient (Wildman–Crippen LogP) is 6.07. The number of fused-ring (bicyclic) bond motifs is 1. The van der Waals surface area contributed by atoms with Crippen molar-refractivity contribution < 1.29 is 29.0 Å². The molecule has 1 aliphatic rings. The molecule has 0 radical (unpaired) electrons. The van der Waals surface area contributed by atoms with Crippen molar-refractivity contribution in [2.24, 2.45) is 5.73 Å². The van der Waals surface area contributed by atoms with Gasteiger partial charge in [-0.3, -0.25) is 0 Å². The Morgan fingerprint density at radius 3 is 2.09 bits per heavy atom. The number of aliphatic hydroxyl groups excluding tert-OH is 1. The van der Waals surface area contributed by atoms with Crippen LogP contribution in [0.1, 0.15) is 47.1 Å². The SMILES string of the molecule is COc1ccc(C(OC(c2ccccc2)C2OC(n3c([N+](=O)[O-])c(C#CCN)c4ccccc43)CC2O)c2ccc(OC)cc2)cc1. The number of hydrogen-bond donors (Lipinski definition) is 2. The van der Waals surface area contributed by atoms with Gasteiger partial charge in [0, 0.05) is 11.8 Å². The molecule has 1 aromatic heterocycles. The van der Waals surface area contributed by atoms with Crippen molar-refractivity contribution in [3.05, 3.63) is 135 Å². The summed E-state index contributed by atoms with van der Waals surface area (Å²) in [6, 6.07) is 31.9. The van der Waals surface area contributed by atoms with E-state index in [9.17, 15) is 15.2 Å². The number of aromatic nitrogens is 1. The van der Waals surface area contributed by atoms with Gasteiger partial charge in [0.2, 0.25) is 6.23 Å². The van der Waals surface area contributed by atoms with Gasteiger partial charge in [-0.1, -0.05) is 78.6 Å². The number of nitrogens with two attached hydrogens (primary N) is 1. The normalized spacial score (nSPS) is 18.1. The van der Waals surface area contributed by atoms with E-state index in [1.807, 2.05) is 78.9 Å². The van der Waals surface area contributed by atoms with Crippen LogP contribution in [0.15, 0.2) is 103 Å². The van der Waals surface area contributed by atoms with Crippen molar-refractivity contribution in [1.82, 2.24) is 4.57 Å². The molecule has 10 nitrogen and oxygen atoms in total. The number of ether oxygens (including phenoxy) is 4. The van der Waals surface area contributed by atoms with E-state index in [2.05, 4.69) is 11.8 Å². The number of nitrogens with zero attached hydrogens (tertiary/aromatic N) is 2. The first-order valence-corrected chi connectivity index (χ1v) is 15.2. The number of aliphatic hydroxyl groups is 1. The number of nitro groups is 1. The van der Waals surface area contributed by atoms with Crippen LogP contribution < -0.4 is 15.2 Å². The van der Waals surface area contributed by atoms with Crippen molar-refractivity contribution in [2.75, 3.05) is 20.8 Å². The fourth-order valence-electron chi connectivity index (χ4n) is 6.13. The molecule has 2 heterocycles. The zero-order chi connectivity index (χ0) is 32.9. The lowest BCUT2D eigenvalue weighted by molar-refractivity contribution is -0.393. The summed E-state index contributed by atoms with van der Waals surface area (Å²) >= 11 is 0. The van der Waals surface area contributed by atoms with Gasteiger partial charge in [-0.05, 0) is 58.0 Å². The van der Waals surface area contributed by atoms with Gasteiger partial charge < -0.3 is 39.9 Å². The molecule has 0 amide bonds. The largest absolute Gasteiger partial charge is 0.497 e. The summed E-state index contributed by atoms with van der Waals surface area (Å²) in [6.45, 7) is 0.0526. The number of benzene rings is 4.